The highest BCUT2D eigenvalue weighted by Gasteiger charge is 2.38. The Bertz CT molecular complexity index is 1490. The number of nitrogens with zero attached hydrogens (tertiary/aromatic N) is 2. The average molecular weight is 627 g/mol. The third-order valence-electron chi connectivity index (χ3n) is 8.80. The average Bonchev–Trinajstić information content (AvgIpc) is 3.35. The Morgan fingerprint density at radius 2 is 1.57 bits per heavy atom. The first-order chi connectivity index (χ1) is 22.0. The number of fused-ring (bicyclic) bond motifs is 1. The highest BCUT2D eigenvalue weighted by molar-refractivity contribution is 5.95. The number of piperazine rings is 1. The van der Waals surface area contributed by atoms with Gasteiger partial charge in [0.05, 0.1) is 18.2 Å². The highest BCUT2D eigenvalue weighted by atomic mass is 16.3. The zero-order valence-corrected chi connectivity index (χ0v) is 26.9. The number of hydrogen-bond donors (Lipinski definition) is 4. The van der Waals surface area contributed by atoms with E-state index in [9.17, 15) is 24.6 Å². The molecule has 3 aromatic carbocycles. The molecule has 0 bridgehead atoms. The summed E-state index contributed by atoms with van der Waals surface area (Å²) in [7, 11) is 0. The van der Waals surface area contributed by atoms with Crippen LogP contribution in [-0.2, 0) is 22.4 Å². The summed E-state index contributed by atoms with van der Waals surface area (Å²) >= 11 is 0. The Labute approximate surface area is 271 Å². The van der Waals surface area contributed by atoms with Crippen molar-refractivity contribution < 1.29 is 24.6 Å². The molecule has 0 spiro atoms. The predicted octanol–water partition coefficient (Wildman–Crippen LogP) is 3.11. The molecule has 0 saturated carbocycles. The van der Waals surface area contributed by atoms with E-state index < -0.39 is 35.7 Å². The SMILES string of the molecule is CC(C)(C)NC(=O)[C@@H]1CN(C(=O)c2ccccc2)CCN1C[C@@H](O)C[C@H](Cc1ccccc1)C(=O)N[C@H]1c2ccccc2C[C@H]1O. The lowest BCUT2D eigenvalue weighted by Gasteiger charge is -2.42. The molecule has 1 heterocycles. The number of β-amino-alcohol motifs (C(OH)–C–C–N with tert-alkyl or cyclic N) is 1. The van der Waals surface area contributed by atoms with Crippen LogP contribution in [0.5, 0.6) is 0 Å². The lowest BCUT2D eigenvalue weighted by atomic mass is 9.91. The second kappa shape index (κ2) is 14.6. The highest BCUT2D eigenvalue weighted by Crippen LogP contribution is 2.32. The van der Waals surface area contributed by atoms with E-state index in [4.69, 9.17) is 0 Å². The number of hydrogen-bond acceptors (Lipinski definition) is 6. The molecule has 0 unspecified atom stereocenters. The van der Waals surface area contributed by atoms with Gasteiger partial charge in [-0.15, -0.1) is 0 Å². The third kappa shape index (κ3) is 8.40. The van der Waals surface area contributed by atoms with Crippen molar-refractivity contribution in [1.82, 2.24) is 20.4 Å². The molecular weight excluding hydrogens is 580 g/mol. The van der Waals surface area contributed by atoms with Crippen LogP contribution in [0.3, 0.4) is 0 Å². The van der Waals surface area contributed by atoms with E-state index in [1.165, 1.54) is 0 Å². The molecule has 9 nitrogen and oxygen atoms in total. The van der Waals surface area contributed by atoms with E-state index in [0.717, 1.165) is 16.7 Å². The maximum atomic E-state index is 13.8. The van der Waals surface area contributed by atoms with Gasteiger partial charge in [0.1, 0.15) is 6.04 Å². The molecule has 1 aliphatic carbocycles. The van der Waals surface area contributed by atoms with Crippen molar-refractivity contribution in [3.8, 4) is 0 Å². The van der Waals surface area contributed by atoms with Crippen LogP contribution in [0.25, 0.3) is 0 Å². The summed E-state index contributed by atoms with van der Waals surface area (Å²) in [6.07, 6.45) is -0.574. The fraction of sp³-hybridized carbons (Fsp3) is 0.432. The van der Waals surface area contributed by atoms with Crippen LogP contribution >= 0.6 is 0 Å². The third-order valence-corrected chi connectivity index (χ3v) is 8.80. The molecule has 0 radical (unpaired) electrons. The quantitative estimate of drug-likeness (QED) is 0.275. The second-order valence-electron chi connectivity index (χ2n) is 13.6. The minimum Gasteiger partial charge on any atom is -0.392 e. The van der Waals surface area contributed by atoms with Crippen LogP contribution in [0.4, 0.5) is 0 Å². The summed E-state index contributed by atoms with van der Waals surface area (Å²) in [5.74, 6) is -1.15. The second-order valence-corrected chi connectivity index (χ2v) is 13.6. The summed E-state index contributed by atoms with van der Waals surface area (Å²) in [6, 6.07) is 25.3. The van der Waals surface area contributed by atoms with Gasteiger partial charge in [0.2, 0.25) is 11.8 Å². The van der Waals surface area contributed by atoms with Gasteiger partial charge in [-0.3, -0.25) is 19.3 Å². The van der Waals surface area contributed by atoms with Gasteiger partial charge in [-0.2, -0.15) is 0 Å². The summed E-state index contributed by atoms with van der Waals surface area (Å²) in [4.78, 5) is 44.3. The first-order valence-electron chi connectivity index (χ1n) is 16.2. The number of nitrogens with one attached hydrogen (secondary N) is 2. The van der Waals surface area contributed by atoms with Crippen LogP contribution in [0.15, 0.2) is 84.9 Å². The Hall–Kier alpha value is -4.05. The standard InChI is InChI=1S/C37H46N4O5/c1-37(2,3)39-35(45)31-24-41(36(46)26-14-8-5-9-15-26)19-18-40(31)23-29(42)21-28(20-25-12-6-4-7-13-25)34(44)38-33-30-17-11-10-16-27(30)22-32(33)43/h4-17,28-29,31-33,42-43H,18-24H2,1-3H3,(H,38,44)(H,39,45)/t28-,29-,31-,32+,33-/m0/s1. The molecule has 1 aliphatic heterocycles. The number of rotatable bonds is 10. The van der Waals surface area contributed by atoms with E-state index in [1.807, 2.05) is 98.5 Å². The van der Waals surface area contributed by atoms with Gasteiger partial charge in [0, 0.05) is 49.6 Å². The molecule has 244 valence electrons. The van der Waals surface area contributed by atoms with Gasteiger partial charge in [-0.1, -0.05) is 72.8 Å². The fourth-order valence-electron chi connectivity index (χ4n) is 6.56. The van der Waals surface area contributed by atoms with Crippen molar-refractivity contribution in [2.45, 2.75) is 69.9 Å². The van der Waals surface area contributed by atoms with Crippen LogP contribution < -0.4 is 10.6 Å². The van der Waals surface area contributed by atoms with Crippen LogP contribution in [-0.4, -0.2) is 87.7 Å². The van der Waals surface area contributed by atoms with Gasteiger partial charge in [-0.05, 0) is 62.4 Å². The molecule has 1 fully saturated rings. The van der Waals surface area contributed by atoms with E-state index >= 15 is 0 Å². The molecular formula is C37H46N4O5. The number of carbonyl (C=O) groups excluding carboxylic acids is 3. The fourth-order valence-corrected chi connectivity index (χ4v) is 6.56. The first-order valence-corrected chi connectivity index (χ1v) is 16.2. The lowest BCUT2D eigenvalue weighted by Crippen LogP contribution is -2.62. The molecule has 5 rings (SSSR count). The van der Waals surface area contributed by atoms with Gasteiger partial charge in [0.15, 0.2) is 0 Å². The Morgan fingerprint density at radius 1 is 0.913 bits per heavy atom. The molecule has 3 amide bonds. The molecule has 5 atom stereocenters. The van der Waals surface area contributed by atoms with E-state index in [2.05, 4.69) is 10.6 Å². The molecule has 1 saturated heterocycles. The Balaban J connectivity index is 1.30. The van der Waals surface area contributed by atoms with Gasteiger partial charge in [0.25, 0.3) is 5.91 Å². The minimum absolute atomic E-state index is 0.135. The van der Waals surface area contributed by atoms with Crippen LogP contribution in [0.2, 0.25) is 0 Å². The first kappa shape index (κ1) is 33.3. The maximum absolute atomic E-state index is 13.8. The molecule has 9 heteroatoms. The van der Waals surface area contributed by atoms with Crippen molar-refractivity contribution in [2.24, 2.45) is 5.92 Å². The van der Waals surface area contributed by atoms with Crippen molar-refractivity contribution in [3.05, 3.63) is 107 Å². The van der Waals surface area contributed by atoms with Crippen molar-refractivity contribution in [2.75, 3.05) is 26.2 Å². The van der Waals surface area contributed by atoms with Gasteiger partial charge < -0.3 is 25.7 Å². The minimum atomic E-state index is -0.915. The predicted molar refractivity (Wildman–Crippen MR) is 177 cm³/mol. The smallest absolute Gasteiger partial charge is 0.253 e. The van der Waals surface area contributed by atoms with Gasteiger partial charge in [-0.25, -0.2) is 0 Å². The summed E-state index contributed by atoms with van der Waals surface area (Å²) in [5.41, 5.74) is 2.99. The zero-order chi connectivity index (χ0) is 32.8. The molecule has 0 aromatic heterocycles. The van der Waals surface area contributed by atoms with E-state index in [-0.39, 0.29) is 37.2 Å². The largest absolute Gasteiger partial charge is 0.392 e. The van der Waals surface area contributed by atoms with E-state index in [1.54, 1.807) is 17.0 Å². The number of carbonyl (C=O) groups is 3. The van der Waals surface area contributed by atoms with Crippen molar-refractivity contribution >= 4 is 17.7 Å². The Morgan fingerprint density at radius 3 is 2.26 bits per heavy atom. The van der Waals surface area contributed by atoms with Crippen LogP contribution in [0.1, 0.15) is 60.3 Å². The number of amides is 3. The topological polar surface area (TPSA) is 122 Å². The molecule has 2 aliphatic rings. The molecule has 46 heavy (non-hydrogen) atoms. The maximum Gasteiger partial charge on any atom is 0.253 e. The molecule has 4 N–H and O–H groups in total. The summed E-state index contributed by atoms with van der Waals surface area (Å²) in [6.45, 7) is 6.90. The number of aliphatic hydroxyl groups is 2. The van der Waals surface area contributed by atoms with Crippen LogP contribution in [0, 0.1) is 5.92 Å². The zero-order valence-electron chi connectivity index (χ0n) is 26.9. The summed E-state index contributed by atoms with van der Waals surface area (Å²) < 4.78 is 0. The van der Waals surface area contributed by atoms with Gasteiger partial charge >= 0.3 is 0 Å². The van der Waals surface area contributed by atoms with Crippen molar-refractivity contribution in [1.29, 1.82) is 0 Å². The number of benzene rings is 3. The lowest BCUT2D eigenvalue weighted by molar-refractivity contribution is -0.131. The Kier molecular flexibility index (Phi) is 10.6. The van der Waals surface area contributed by atoms with E-state index in [0.29, 0.717) is 31.5 Å². The summed E-state index contributed by atoms with van der Waals surface area (Å²) in [5, 5.41) is 28.4. The molecule has 3 aromatic rings. The normalized spacial score (nSPS) is 21.2. The van der Waals surface area contributed by atoms with Crippen molar-refractivity contribution in [3.63, 3.8) is 0 Å². The monoisotopic (exact) mass is 626 g/mol. The number of aliphatic hydroxyl groups excluding tert-OH is 2.